The smallest absolute Gasteiger partial charge is 0.253 e. The van der Waals surface area contributed by atoms with Crippen molar-refractivity contribution in [2.75, 3.05) is 18.5 Å². The molecule has 0 radical (unpaired) electrons. The van der Waals surface area contributed by atoms with Crippen molar-refractivity contribution in [1.82, 2.24) is 9.88 Å². The Morgan fingerprint density at radius 3 is 2.53 bits per heavy atom. The van der Waals surface area contributed by atoms with Gasteiger partial charge in [0.25, 0.3) is 5.91 Å². The highest BCUT2D eigenvalue weighted by molar-refractivity contribution is 7.18. The normalized spacial score (nSPS) is 13.3. The number of carbonyl (C=O) groups excluding carboxylic acids is 1. The van der Waals surface area contributed by atoms with Gasteiger partial charge in [-0.25, -0.2) is 4.98 Å². The summed E-state index contributed by atoms with van der Waals surface area (Å²) in [5, 5.41) is 0.954. The van der Waals surface area contributed by atoms with Gasteiger partial charge in [-0.1, -0.05) is 36.4 Å². The minimum atomic E-state index is 0.0183. The minimum absolute atomic E-state index is 0.0183. The Morgan fingerprint density at radius 2 is 1.73 bits per heavy atom. The van der Waals surface area contributed by atoms with Crippen molar-refractivity contribution in [3.8, 4) is 0 Å². The molecular formula is C25H23N3OS. The third kappa shape index (κ3) is 3.68. The summed E-state index contributed by atoms with van der Waals surface area (Å²) in [6.45, 7) is 2.44. The van der Waals surface area contributed by atoms with E-state index in [4.69, 9.17) is 0 Å². The molecule has 1 aliphatic rings. The average molecular weight is 414 g/mol. The number of para-hydroxylation sites is 1. The third-order valence-electron chi connectivity index (χ3n) is 5.67. The molecule has 0 aliphatic carbocycles. The van der Waals surface area contributed by atoms with E-state index in [9.17, 15) is 4.79 Å². The van der Waals surface area contributed by atoms with Crippen molar-refractivity contribution in [3.05, 3.63) is 94.5 Å². The highest BCUT2D eigenvalue weighted by Crippen LogP contribution is 2.26. The Hall–Kier alpha value is -3.18. The first-order valence-electron chi connectivity index (χ1n) is 10.2. The number of benzene rings is 3. The van der Waals surface area contributed by atoms with Crippen molar-refractivity contribution >= 4 is 33.1 Å². The fraction of sp³-hybridized carbons (Fsp3) is 0.200. The van der Waals surface area contributed by atoms with Gasteiger partial charge in [0.05, 0.1) is 16.8 Å². The lowest BCUT2D eigenvalue weighted by Crippen LogP contribution is -2.30. The van der Waals surface area contributed by atoms with Crippen LogP contribution in [0.15, 0.2) is 72.8 Å². The van der Waals surface area contributed by atoms with Gasteiger partial charge in [0.15, 0.2) is 0 Å². The highest BCUT2D eigenvalue weighted by atomic mass is 32.1. The second kappa shape index (κ2) is 7.92. The van der Waals surface area contributed by atoms with Crippen molar-refractivity contribution in [2.45, 2.75) is 19.5 Å². The minimum Gasteiger partial charge on any atom is -0.367 e. The molecule has 0 unspecified atom stereocenters. The summed E-state index contributed by atoms with van der Waals surface area (Å²) in [6.07, 6.45) is 1.06. The number of aromatic nitrogens is 1. The molecule has 4 aromatic rings. The van der Waals surface area contributed by atoms with E-state index in [1.54, 1.807) is 16.2 Å². The average Bonchev–Trinajstić information content (AvgIpc) is 3.20. The largest absolute Gasteiger partial charge is 0.367 e. The van der Waals surface area contributed by atoms with E-state index in [1.165, 1.54) is 11.1 Å². The molecule has 0 saturated heterocycles. The van der Waals surface area contributed by atoms with E-state index in [0.29, 0.717) is 12.1 Å². The lowest BCUT2D eigenvalue weighted by molar-refractivity contribution is 0.0785. The number of fused-ring (bicyclic) bond motifs is 2. The van der Waals surface area contributed by atoms with E-state index >= 15 is 0 Å². The number of hydrogen-bond acceptors (Lipinski definition) is 4. The molecule has 0 N–H and O–H groups in total. The summed E-state index contributed by atoms with van der Waals surface area (Å²) in [4.78, 5) is 21.7. The Balaban J connectivity index is 1.27. The van der Waals surface area contributed by atoms with Crippen molar-refractivity contribution in [1.29, 1.82) is 0 Å². The van der Waals surface area contributed by atoms with Gasteiger partial charge in [0.1, 0.15) is 5.01 Å². The Morgan fingerprint density at radius 1 is 1.00 bits per heavy atom. The summed E-state index contributed by atoms with van der Waals surface area (Å²) in [6, 6.07) is 24.7. The van der Waals surface area contributed by atoms with Gasteiger partial charge in [-0.15, -0.1) is 11.3 Å². The van der Waals surface area contributed by atoms with Gasteiger partial charge in [0, 0.05) is 31.4 Å². The second-order valence-electron chi connectivity index (χ2n) is 7.72. The molecule has 0 fully saturated rings. The van der Waals surface area contributed by atoms with Crippen molar-refractivity contribution in [3.63, 3.8) is 0 Å². The molecule has 0 bridgehead atoms. The molecule has 2 heterocycles. The van der Waals surface area contributed by atoms with Crippen LogP contribution in [0.3, 0.4) is 0 Å². The second-order valence-corrected chi connectivity index (χ2v) is 8.84. The van der Waals surface area contributed by atoms with Crippen LogP contribution in [-0.4, -0.2) is 29.4 Å². The summed E-state index contributed by atoms with van der Waals surface area (Å²) in [5.41, 5.74) is 5.69. The van der Waals surface area contributed by atoms with E-state index < -0.39 is 0 Å². The highest BCUT2D eigenvalue weighted by Gasteiger charge is 2.18. The molecule has 150 valence electrons. The fourth-order valence-corrected chi connectivity index (χ4v) is 5.03. The van der Waals surface area contributed by atoms with Gasteiger partial charge in [-0.2, -0.15) is 0 Å². The number of hydrogen-bond donors (Lipinski definition) is 0. The van der Waals surface area contributed by atoms with E-state index in [-0.39, 0.29) is 5.91 Å². The maximum absolute atomic E-state index is 12.9. The SMILES string of the molecule is CN(Cc1nc2ccccc2s1)C(=O)c1ccc(N2CCc3ccccc3C2)cc1. The molecule has 0 atom stereocenters. The van der Waals surface area contributed by atoms with E-state index in [0.717, 1.165) is 40.4 Å². The Bertz CT molecular complexity index is 1170. The van der Waals surface area contributed by atoms with Gasteiger partial charge >= 0.3 is 0 Å². The zero-order chi connectivity index (χ0) is 20.5. The molecule has 1 aromatic heterocycles. The van der Waals surface area contributed by atoms with E-state index in [1.807, 2.05) is 37.4 Å². The number of thiazole rings is 1. The van der Waals surface area contributed by atoms with Gasteiger partial charge < -0.3 is 9.80 Å². The Kier molecular flexibility index (Phi) is 4.97. The van der Waals surface area contributed by atoms with E-state index in [2.05, 4.69) is 52.3 Å². The molecule has 3 aromatic carbocycles. The number of carbonyl (C=O) groups is 1. The predicted molar refractivity (Wildman–Crippen MR) is 123 cm³/mol. The van der Waals surface area contributed by atoms with Crippen LogP contribution in [0.5, 0.6) is 0 Å². The molecule has 5 rings (SSSR count). The zero-order valence-electron chi connectivity index (χ0n) is 16.9. The molecule has 0 saturated carbocycles. The first-order valence-corrected chi connectivity index (χ1v) is 11.0. The third-order valence-corrected chi connectivity index (χ3v) is 6.69. The molecule has 1 aliphatic heterocycles. The van der Waals surface area contributed by atoms with Crippen molar-refractivity contribution in [2.24, 2.45) is 0 Å². The van der Waals surface area contributed by atoms with Crippen LogP contribution in [0.2, 0.25) is 0 Å². The number of nitrogens with zero attached hydrogens (tertiary/aromatic N) is 3. The molecule has 1 amide bonds. The monoisotopic (exact) mass is 413 g/mol. The van der Waals surface area contributed by atoms with Crippen molar-refractivity contribution < 1.29 is 4.79 Å². The quantitative estimate of drug-likeness (QED) is 0.465. The van der Waals surface area contributed by atoms with Gasteiger partial charge in [-0.05, 0) is 53.9 Å². The summed E-state index contributed by atoms with van der Waals surface area (Å²) in [5.74, 6) is 0.0183. The summed E-state index contributed by atoms with van der Waals surface area (Å²) in [7, 11) is 1.84. The molecule has 0 spiro atoms. The van der Waals surface area contributed by atoms with Gasteiger partial charge in [-0.3, -0.25) is 4.79 Å². The molecular weight excluding hydrogens is 390 g/mol. The van der Waals surface area contributed by atoms with Crippen LogP contribution in [0.4, 0.5) is 5.69 Å². The summed E-state index contributed by atoms with van der Waals surface area (Å²) < 4.78 is 1.15. The molecule has 4 nitrogen and oxygen atoms in total. The van der Waals surface area contributed by atoms with Crippen LogP contribution in [0.25, 0.3) is 10.2 Å². The summed E-state index contributed by atoms with van der Waals surface area (Å²) >= 11 is 1.64. The van der Waals surface area contributed by atoms with Crippen LogP contribution >= 0.6 is 11.3 Å². The van der Waals surface area contributed by atoms with Gasteiger partial charge in [0.2, 0.25) is 0 Å². The van der Waals surface area contributed by atoms with Crippen LogP contribution in [-0.2, 0) is 19.5 Å². The fourth-order valence-electron chi connectivity index (χ4n) is 4.01. The number of anilines is 1. The first-order chi connectivity index (χ1) is 14.7. The van der Waals surface area contributed by atoms with Crippen LogP contribution in [0, 0.1) is 0 Å². The lowest BCUT2D eigenvalue weighted by Gasteiger charge is -2.30. The molecule has 5 heteroatoms. The molecule has 30 heavy (non-hydrogen) atoms. The maximum atomic E-state index is 12.9. The number of amides is 1. The predicted octanol–water partition coefficient (Wildman–Crippen LogP) is 5.13. The topological polar surface area (TPSA) is 36.4 Å². The maximum Gasteiger partial charge on any atom is 0.253 e. The lowest BCUT2D eigenvalue weighted by atomic mass is 9.99. The first kappa shape index (κ1) is 18.8. The Labute approximate surface area is 180 Å². The number of rotatable bonds is 4. The standard InChI is InChI=1S/C25H23N3OS/c1-27(17-24-26-22-8-4-5-9-23(22)30-24)25(29)19-10-12-21(13-11-19)28-15-14-18-6-2-3-7-20(18)16-28/h2-13H,14-17H2,1H3. The van der Waals surface area contributed by atoms with Crippen LogP contribution < -0.4 is 4.90 Å². The zero-order valence-corrected chi connectivity index (χ0v) is 17.7. The van der Waals surface area contributed by atoms with Crippen LogP contribution in [0.1, 0.15) is 26.5 Å².